The van der Waals surface area contributed by atoms with E-state index in [9.17, 15) is 4.79 Å². The quantitative estimate of drug-likeness (QED) is 0.718. The Morgan fingerprint density at radius 2 is 2.40 bits per heavy atom. The fraction of sp³-hybridized carbons (Fsp3) is 0.364. The summed E-state index contributed by atoms with van der Waals surface area (Å²) in [5.41, 5.74) is 5.18. The van der Waals surface area contributed by atoms with Crippen molar-refractivity contribution in [1.29, 1.82) is 0 Å². The highest BCUT2D eigenvalue weighted by Gasteiger charge is 2.16. The van der Waals surface area contributed by atoms with Crippen LogP contribution < -0.4 is 10.8 Å². The fourth-order valence-electron chi connectivity index (χ4n) is 1.87. The van der Waals surface area contributed by atoms with Gasteiger partial charge in [0.1, 0.15) is 0 Å². The number of anilines is 1. The summed E-state index contributed by atoms with van der Waals surface area (Å²) in [5.74, 6) is -0.182. The van der Waals surface area contributed by atoms with Crippen LogP contribution in [0.4, 0.5) is 5.69 Å². The van der Waals surface area contributed by atoms with Gasteiger partial charge in [-0.3, -0.25) is 9.63 Å². The molecule has 0 aromatic heterocycles. The predicted molar refractivity (Wildman–Crippen MR) is 57.7 cm³/mol. The minimum atomic E-state index is -0.182. The first kappa shape index (κ1) is 9.98. The Labute approximate surface area is 88.6 Å². The lowest BCUT2D eigenvalue weighted by Gasteiger charge is -2.20. The van der Waals surface area contributed by atoms with Crippen LogP contribution in [0, 0.1) is 0 Å². The van der Waals surface area contributed by atoms with Crippen LogP contribution in [-0.4, -0.2) is 19.6 Å². The molecular formula is C11H14N2O2. The average Bonchev–Trinajstić information content (AvgIpc) is 2.28. The number of hydroxylamine groups is 1. The molecule has 1 aromatic rings. The molecule has 2 rings (SSSR count). The van der Waals surface area contributed by atoms with E-state index in [4.69, 9.17) is 0 Å². The molecule has 1 aliphatic rings. The van der Waals surface area contributed by atoms with Crippen molar-refractivity contribution in [2.45, 2.75) is 12.8 Å². The normalized spacial score (nSPS) is 13.9. The summed E-state index contributed by atoms with van der Waals surface area (Å²) < 4.78 is 0. The number of benzene rings is 1. The molecule has 80 valence electrons. The van der Waals surface area contributed by atoms with Crippen LogP contribution in [0.5, 0.6) is 0 Å². The summed E-state index contributed by atoms with van der Waals surface area (Å²) in [6.07, 6.45) is 2.00. The minimum absolute atomic E-state index is 0.182. The molecular weight excluding hydrogens is 192 g/mol. The van der Waals surface area contributed by atoms with Gasteiger partial charge in [0.15, 0.2) is 0 Å². The molecule has 0 atom stereocenters. The van der Waals surface area contributed by atoms with Crippen LogP contribution in [0.1, 0.15) is 22.3 Å². The molecule has 0 unspecified atom stereocenters. The Hall–Kier alpha value is -1.55. The number of rotatable bonds is 2. The fourth-order valence-corrected chi connectivity index (χ4v) is 1.87. The molecule has 1 heterocycles. The van der Waals surface area contributed by atoms with E-state index in [1.807, 2.05) is 18.2 Å². The number of hydrogen-bond donors (Lipinski definition) is 2. The van der Waals surface area contributed by atoms with E-state index < -0.39 is 0 Å². The molecule has 0 saturated heterocycles. The second-order valence-corrected chi connectivity index (χ2v) is 3.50. The zero-order valence-electron chi connectivity index (χ0n) is 8.67. The van der Waals surface area contributed by atoms with Crippen LogP contribution in [0.25, 0.3) is 0 Å². The molecule has 0 bridgehead atoms. The standard InChI is InChI=1S/C11H14N2O2/c1-15-13-11(14)9-4-2-6-10-8(9)5-3-7-12-10/h2,4,6,12H,3,5,7H2,1H3,(H,13,14). The van der Waals surface area contributed by atoms with Gasteiger partial charge >= 0.3 is 0 Å². The van der Waals surface area contributed by atoms with Crippen molar-refractivity contribution < 1.29 is 9.63 Å². The smallest absolute Gasteiger partial charge is 0.275 e. The van der Waals surface area contributed by atoms with Crippen molar-refractivity contribution in [3.63, 3.8) is 0 Å². The highest BCUT2D eigenvalue weighted by Crippen LogP contribution is 2.25. The maximum Gasteiger partial charge on any atom is 0.275 e. The molecule has 1 aliphatic heterocycles. The minimum Gasteiger partial charge on any atom is -0.385 e. The molecule has 15 heavy (non-hydrogen) atoms. The molecule has 0 spiro atoms. The maximum absolute atomic E-state index is 11.7. The molecule has 0 saturated carbocycles. The first-order valence-electron chi connectivity index (χ1n) is 5.02. The number of carbonyl (C=O) groups excluding carboxylic acids is 1. The molecule has 2 N–H and O–H groups in total. The summed E-state index contributed by atoms with van der Waals surface area (Å²) in [6, 6.07) is 5.69. The van der Waals surface area contributed by atoms with Crippen molar-refractivity contribution in [2.75, 3.05) is 19.0 Å². The van der Waals surface area contributed by atoms with Crippen molar-refractivity contribution in [2.24, 2.45) is 0 Å². The highest BCUT2D eigenvalue weighted by atomic mass is 16.6. The number of fused-ring (bicyclic) bond motifs is 1. The summed E-state index contributed by atoms with van der Waals surface area (Å²) in [6.45, 7) is 0.975. The Bertz CT molecular complexity index is 377. The van der Waals surface area contributed by atoms with E-state index in [0.29, 0.717) is 5.56 Å². The van der Waals surface area contributed by atoms with Crippen molar-refractivity contribution >= 4 is 11.6 Å². The third kappa shape index (κ3) is 1.94. The van der Waals surface area contributed by atoms with Crippen LogP contribution in [0.2, 0.25) is 0 Å². The maximum atomic E-state index is 11.7. The summed E-state index contributed by atoms with van der Waals surface area (Å²) in [5, 5.41) is 3.28. The Morgan fingerprint density at radius 1 is 1.53 bits per heavy atom. The average molecular weight is 206 g/mol. The molecule has 4 nitrogen and oxygen atoms in total. The van der Waals surface area contributed by atoms with Gasteiger partial charge in [-0.25, -0.2) is 5.48 Å². The van der Waals surface area contributed by atoms with Crippen molar-refractivity contribution in [3.05, 3.63) is 29.3 Å². The largest absolute Gasteiger partial charge is 0.385 e. The predicted octanol–water partition coefficient (Wildman–Crippen LogP) is 1.34. The zero-order valence-corrected chi connectivity index (χ0v) is 8.67. The molecule has 1 amide bonds. The van der Waals surface area contributed by atoms with E-state index in [-0.39, 0.29) is 5.91 Å². The lowest BCUT2D eigenvalue weighted by molar-refractivity contribution is 0.0536. The van der Waals surface area contributed by atoms with Gasteiger partial charge in [0.25, 0.3) is 5.91 Å². The third-order valence-corrected chi connectivity index (χ3v) is 2.53. The molecule has 0 radical (unpaired) electrons. The summed E-state index contributed by atoms with van der Waals surface area (Å²) in [7, 11) is 1.44. The monoisotopic (exact) mass is 206 g/mol. The van der Waals surface area contributed by atoms with E-state index in [0.717, 1.165) is 30.6 Å². The number of carbonyl (C=O) groups is 1. The molecule has 0 aliphatic carbocycles. The van der Waals surface area contributed by atoms with Crippen LogP contribution in [0.3, 0.4) is 0 Å². The van der Waals surface area contributed by atoms with Gasteiger partial charge in [-0.1, -0.05) is 6.07 Å². The van der Waals surface area contributed by atoms with Gasteiger partial charge in [-0.15, -0.1) is 0 Å². The first-order chi connectivity index (χ1) is 7.33. The topological polar surface area (TPSA) is 50.4 Å². The molecule has 1 aromatic carbocycles. The third-order valence-electron chi connectivity index (χ3n) is 2.53. The van der Waals surface area contributed by atoms with Gasteiger partial charge in [0, 0.05) is 17.8 Å². The first-order valence-corrected chi connectivity index (χ1v) is 5.02. The lowest BCUT2D eigenvalue weighted by Crippen LogP contribution is -2.25. The van der Waals surface area contributed by atoms with E-state index in [1.165, 1.54) is 7.11 Å². The lowest BCUT2D eigenvalue weighted by atomic mass is 9.97. The number of amides is 1. The summed E-state index contributed by atoms with van der Waals surface area (Å²) >= 11 is 0. The Kier molecular flexibility index (Phi) is 2.87. The van der Waals surface area contributed by atoms with Crippen LogP contribution in [-0.2, 0) is 11.3 Å². The number of nitrogens with one attached hydrogen (secondary N) is 2. The second kappa shape index (κ2) is 4.31. The van der Waals surface area contributed by atoms with Crippen LogP contribution >= 0.6 is 0 Å². The highest BCUT2D eigenvalue weighted by molar-refractivity contribution is 5.96. The van der Waals surface area contributed by atoms with Crippen molar-refractivity contribution in [3.8, 4) is 0 Å². The van der Waals surface area contributed by atoms with Gasteiger partial charge in [-0.2, -0.15) is 0 Å². The van der Waals surface area contributed by atoms with Crippen LogP contribution in [0.15, 0.2) is 18.2 Å². The van der Waals surface area contributed by atoms with Gasteiger partial charge in [0.2, 0.25) is 0 Å². The zero-order chi connectivity index (χ0) is 10.7. The van der Waals surface area contributed by atoms with E-state index >= 15 is 0 Å². The van der Waals surface area contributed by atoms with Gasteiger partial charge in [0.05, 0.1) is 7.11 Å². The van der Waals surface area contributed by atoms with Gasteiger partial charge in [-0.05, 0) is 30.5 Å². The number of hydrogen-bond acceptors (Lipinski definition) is 3. The molecule has 4 heteroatoms. The summed E-state index contributed by atoms with van der Waals surface area (Å²) in [4.78, 5) is 16.3. The van der Waals surface area contributed by atoms with E-state index in [2.05, 4.69) is 15.6 Å². The Balaban J connectivity index is 2.34. The van der Waals surface area contributed by atoms with E-state index in [1.54, 1.807) is 0 Å². The molecule has 0 fully saturated rings. The second-order valence-electron chi connectivity index (χ2n) is 3.50. The van der Waals surface area contributed by atoms with Gasteiger partial charge < -0.3 is 5.32 Å². The SMILES string of the molecule is CONC(=O)c1cccc2c1CCCN2. The van der Waals surface area contributed by atoms with Crippen molar-refractivity contribution in [1.82, 2.24) is 5.48 Å². The Morgan fingerprint density at radius 3 is 3.20 bits per heavy atom.